The lowest BCUT2D eigenvalue weighted by Gasteiger charge is -2.24. The Morgan fingerprint density at radius 2 is 2.08 bits per heavy atom. The average Bonchev–Trinajstić information content (AvgIpc) is 3.15. The minimum absolute atomic E-state index is 0.210. The third kappa shape index (κ3) is 3.85. The largest absolute Gasteiger partial charge is 0.416 e. The molecule has 1 fully saturated rings. The number of nitrogens with zero attached hydrogens (tertiary/aromatic N) is 4. The summed E-state index contributed by atoms with van der Waals surface area (Å²) in [5, 5.41) is 19.0. The number of alkyl halides is 3. The van der Waals surface area contributed by atoms with E-state index in [0.717, 1.165) is 17.8 Å². The molecule has 136 valence electrons. The highest BCUT2D eigenvalue weighted by Crippen LogP contribution is 2.36. The number of hydrogen-bond acceptors (Lipinski definition) is 4. The molecule has 0 spiro atoms. The van der Waals surface area contributed by atoms with E-state index in [2.05, 4.69) is 10.3 Å². The van der Waals surface area contributed by atoms with Crippen molar-refractivity contribution in [2.45, 2.75) is 44.6 Å². The Morgan fingerprint density at radius 3 is 2.72 bits per heavy atom. The Morgan fingerprint density at radius 1 is 1.32 bits per heavy atom. The lowest BCUT2D eigenvalue weighted by Crippen LogP contribution is -2.31. The summed E-state index contributed by atoms with van der Waals surface area (Å²) in [7, 11) is 0. The molecule has 5 nitrogen and oxygen atoms in total. The van der Waals surface area contributed by atoms with Crippen LogP contribution in [0.2, 0.25) is 0 Å². The van der Waals surface area contributed by atoms with E-state index in [-0.39, 0.29) is 12.6 Å². The van der Waals surface area contributed by atoms with Crippen LogP contribution >= 0.6 is 0 Å². The van der Waals surface area contributed by atoms with Crippen LogP contribution in [0.5, 0.6) is 0 Å². The minimum atomic E-state index is -4.42. The summed E-state index contributed by atoms with van der Waals surface area (Å²) in [6.45, 7) is 5.36. The van der Waals surface area contributed by atoms with Crippen LogP contribution in [-0.2, 0) is 18.3 Å². The molecule has 0 amide bonds. The van der Waals surface area contributed by atoms with Gasteiger partial charge in [-0.2, -0.15) is 13.2 Å². The first kappa shape index (κ1) is 17.9. The van der Waals surface area contributed by atoms with E-state index in [1.807, 2.05) is 24.9 Å². The van der Waals surface area contributed by atoms with Crippen LogP contribution in [0.3, 0.4) is 0 Å². The fraction of sp³-hybridized carbons (Fsp3) is 0.529. The molecule has 1 aromatic carbocycles. The Kier molecular flexibility index (Phi) is 4.59. The highest BCUT2D eigenvalue weighted by molar-refractivity contribution is 5.31. The summed E-state index contributed by atoms with van der Waals surface area (Å²) >= 11 is 0. The minimum Gasteiger partial charge on any atom is -0.384 e. The monoisotopic (exact) mass is 354 g/mol. The van der Waals surface area contributed by atoms with Crippen molar-refractivity contribution < 1.29 is 18.3 Å². The Balaban J connectivity index is 1.72. The molecule has 1 aliphatic rings. The number of hydrogen-bond donors (Lipinski definition) is 1. The number of benzene rings is 1. The van der Waals surface area contributed by atoms with Crippen LogP contribution in [-0.4, -0.2) is 38.1 Å². The summed E-state index contributed by atoms with van der Waals surface area (Å²) < 4.78 is 40.5. The standard InChI is InChI=1S/C17H21F3N4O/c1-12(2)24-10-15(21-22-24)9-23-7-6-16(25,11-23)13-4-3-5-14(8-13)17(18,19)20/h3-5,8,10,12,25H,6-7,9,11H2,1-2H3. The molecular weight excluding hydrogens is 333 g/mol. The van der Waals surface area contributed by atoms with Gasteiger partial charge in [0.1, 0.15) is 5.60 Å². The van der Waals surface area contributed by atoms with Crippen molar-refractivity contribution in [1.82, 2.24) is 19.9 Å². The fourth-order valence-electron chi connectivity index (χ4n) is 3.09. The van der Waals surface area contributed by atoms with E-state index < -0.39 is 17.3 Å². The molecule has 8 heteroatoms. The number of rotatable bonds is 4. The zero-order valence-corrected chi connectivity index (χ0v) is 14.2. The first-order valence-electron chi connectivity index (χ1n) is 8.20. The van der Waals surface area contributed by atoms with E-state index in [0.29, 0.717) is 25.1 Å². The quantitative estimate of drug-likeness (QED) is 0.917. The van der Waals surface area contributed by atoms with E-state index in [1.165, 1.54) is 6.07 Å². The molecule has 0 saturated carbocycles. The molecule has 0 radical (unpaired) electrons. The van der Waals surface area contributed by atoms with Gasteiger partial charge in [-0.1, -0.05) is 17.3 Å². The maximum Gasteiger partial charge on any atom is 0.416 e. The molecule has 1 aliphatic heterocycles. The van der Waals surface area contributed by atoms with Gasteiger partial charge in [0.05, 0.1) is 17.5 Å². The Hall–Kier alpha value is -1.93. The second kappa shape index (κ2) is 6.42. The van der Waals surface area contributed by atoms with Crippen LogP contribution < -0.4 is 0 Å². The van der Waals surface area contributed by atoms with Crippen molar-refractivity contribution in [2.75, 3.05) is 13.1 Å². The summed E-state index contributed by atoms with van der Waals surface area (Å²) in [4.78, 5) is 1.98. The Labute approximate surface area is 144 Å². The topological polar surface area (TPSA) is 54.2 Å². The van der Waals surface area contributed by atoms with Crippen LogP contribution in [0, 0.1) is 0 Å². The van der Waals surface area contributed by atoms with Crippen LogP contribution in [0.4, 0.5) is 13.2 Å². The zero-order valence-electron chi connectivity index (χ0n) is 14.2. The van der Waals surface area contributed by atoms with E-state index in [4.69, 9.17) is 0 Å². The van der Waals surface area contributed by atoms with E-state index >= 15 is 0 Å². The van der Waals surface area contributed by atoms with Gasteiger partial charge in [0.15, 0.2) is 0 Å². The zero-order chi connectivity index (χ0) is 18.2. The predicted molar refractivity (Wildman–Crippen MR) is 85.6 cm³/mol. The van der Waals surface area contributed by atoms with Gasteiger partial charge in [-0.25, -0.2) is 4.68 Å². The summed E-state index contributed by atoms with van der Waals surface area (Å²) in [6, 6.07) is 5.16. The maximum atomic E-state index is 12.9. The van der Waals surface area contributed by atoms with Gasteiger partial charge in [0.25, 0.3) is 0 Å². The van der Waals surface area contributed by atoms with Crippen molar-refractivity contribution in [2.24, 2.45) is 0 Å². The lowest BCUT2D eigenvalue weighted by molar-refractivity contribution is -0.137. The highest BCUT2D eigenvalue weighted by Gasteiger charge is 2.39. The summed E-state index contributed by atoms with van der Waals surface area (Å²) in [5.74, 6) is 0. The van der Waals surface area contributed by atoms with Gasteiger partial charge >= 0.3 is 6.18 Å². The summed E-state index contributed by atoms with van der Waals surface area (Å²) in [6.07, 6.45) is -2.18. The SMILES string of the molecule is CC(C)n1cc(CN2CCC(O)(c3cccc(C(F)(F)F)c3)C2)nn1. The molecule has 1 saturated heterocycles. The van der Waals surface area contributed by atoms with Crippen LogP contribution in [0.25, 0.3) is 0 Å². The second-order valence-corrected chi connectivity index (χ2v) is 6.85. The van der Waals surface area contributed by atoms with Crippen molar-refractivity contribution in [3.63, 3.8) is 0 Å². The number of aliphatic hydroxyl groups is 1. The van der Waals surface area contributed by atoms with Gasteiger partial charge in [0.2, 0.25) is 0 Å². The first-order valence-corrected chi connectivity index (χ1v) is 8.20. The molecule has 0 aliphatic carbocycles. The first-order chi connectivity index (χ1) is 11.7. The van der Waals surface area contributed by atoms with Crippen LogP contribution in [0.15, 0.2) is 30.5 Å². The average molecular weight is 354 g/mol. The molecule has 2 heterocycles. The lowest BCUT2D eigenvalue weighted by atomic mass is 9.91. The molecule has 25 heavy (non-hydrogen) atoms. The molecule has 1 unspecified atom stereocenters. The maximum absolute atomic E-state index is 12.9. The predicted octanol–water partition coefficient (Wildman–Crippen LogP) is 2.97. The number of likely N-dealkylation sites (tertiary alicyclic amines) is 1. The van der Waals surface area contributed by atoms with Gasteiger partial charge in [-0.15, -0.1) is 5.10 Å². The van der Waals surface area contributed by atoms with Gasteiger partial charge in [-0.3, -0.25) is 4.90 Å². The fourth-order valence-corrected chi connectivity index (χ4v) is 3.09. The third-order valence-corrected chi connectivity index (χ3v) is 4.53. The summed E-state index contributed by atoms with van der Waals surface area (Å²) in [5.41, 5.74) is -0.940. The van der Waals surface area contributed by atoms with Crippen molar-refractivity contribution in [3.05, 3.63) is 47.3 Å². The molecule has 2 aromatic rings. The van der Waals surface area contributed by atoms with Gasteiger partial charge < -0.3 is 5.11 Å². The van der Waals surface area contributed by atoms with Gasteiger partial charge in [0, 0.05) is 25.7 Å². The molecule has 1 aromatic heterocycles. The second-order valence-electron chi connectivity index (χ2n) is 6.85. The normalized spacial score (nSPS) is 22.0. The molecule has 1 N–H and O–H groups in total. The number of halogens is 3. The van der Waals surface area contributed by atoms with Crippen molar-refractivity contribution in [1.29, 1.82) is 0 Å². The molecular formula is C17H21F3N4O. The third-order valence-electron chi connectivity index (χ3n) is 4.53. The number of β-amino-alcohol motifs (C(OH)–C–C–N with tert-alkyl or cyclic N) is 1. The number of aromatic nitrogens is 3. The molecule has 3 rings (SSSR count). The Bertz CT molecular complexity index is 743. The highest BCUT2D eigenvalue weighted by atomic mass is 19.4. The molecule has 1 atom stereocenters. The smallest absolute Gasteiger partial charge is 0.384 e. The van der Waals surface area contributed by atoms with Crippen LogP contribution in [0.1, 0.15) is 43.1 Å². The van der Waals surface area contributed by atoms with Crippen molar-refractivity contribution >= 4 is 0 Å². The van der Waals surface area contributed by atoms with E-state index in [9.17, 15) is 18.3 Å². The van der Waals surface area contributed by atoms with E-state index in [1.54, 1.807) is 10.7 Å². The van der Waals surface area contributed by atoms with Gasteiger partial charge in [-0.05, 0) is 38.0 Å². The molecule has 0 bridgehead atoms. The van der Waals surface area contributed by atoms with Crippen molar-refractivity contribution in [3.8, 4) is 0 Å².